The Morgan fingerprint density at radius 2 is 1.61 bits per heavy atom. The standard InChI is InChI=1S/C22H23NO8/c1-5-30-19(27)21-14(16(24)28-3)15(17(25)29-4)22(31-21,20(11-12-20)18(21)26)23(2)13-9-7-6-8-10-13/h6-10H,5,11-12H2,1-4H3/t21-,22+/m1/s1. The summed E-state index contributed by atoms with van der Waals surface area (Å²) in [6.45, 7) is 1.52. The zero-order valence-electron chi connectivity index (χ0n) is 17.7. The van der Waals surface area contributed by atoms with Gasteiger partial charge in [-0.15, -0.1) is 0 Å². The first-order valence-corrected chi connectivity index (χ1v) is 9.91. The zero-order chi connectivity index (χ0) is 22.6. The molecule has 0 radical (unpaired) electrons. The molecule has 9 heteroatoms. The van der Waals surface area contributed by atoms with Gasteiger partial charge < -0.3 is 23.8 Å². The van der Waals surface area contributed by atoms with Crippen LogP contribution < -0.4 is 4.90 Å². The van der Waals surface area contributed by atoms with E-state index in [9.17, 15) is 19.2 Å². The third-order valence-electron chi connectivity index (χ3n) is 6.35. The molecule has 0 aromatic heterocycles. The summed E-state index contributed by atoms with van der Waals surface area (Å²) < 4.78 is 21.3. The summed E-state index contributed by atoms with van der Waals surface area (Å²) in [5.74, 6) is -3.56. The molecule has 0 N–H and O–H groups in total. The van der Waals surface area contributed by atoms with Crippen LogP contribution in [0.5, 0.6) is 0 Å². The van der Waals surface area contributed by atoms with E-state index in [1.807, 2.05) is 6.07 Å². The van der Waals surface area contributed by atoms with Gasteiger partial charge in [0.15, 0.2) is 11.5 Å². The summed E-state index contributed by atoms with van der Waals surface area (Å²) in [7, 11) is 3.90. The third kappa shape index (κ3) is 2.35. The summed E-state index contributed by atoms with van der Waals surface area (Å²) in [5.41, 5.74) is -5.40. The highest BCUT2D eigenvalue weighted by Gasteiger charge is 2.88. The Balaban J connectivity index is 2.07. The molecule has 2 atom stereocenters. The predicted molar refractivity (Wildman–Crippen MR) is 106 cm³/mol. The fourth-order valence-electron chi connectivity index (χ4n) is 4.90. The summed E-state index contributed by atoms with van der Waals surface area (Å²) in [6, 6.07) is 8.93. The number of methoxy groups -OCH3 is 2. The molecule has 3 aliphatic rings. The third-order valence-corrected chi connectivity index (χ3v) is 6.35. The maximum absolute atomic E-state index is 13.8. The van der Waals surface area contributed by atoms with E-state index in [-0.39, 0.29) is 12.2 Å². The van der Waals surface area contributed by atoms with E-state index < -0.39 is 46.0 Å². The van der Waals surface area contributed by atoms with Crippen LogP contribution >= 0.6 is 0 Å². The van der Waals surface area contributed by atoms with E-state index in [1.54, 1.807) is 43.1 Å². The number of hydrogen-bond acceptors (Lipinski definition) is 9. The van der Waals surface area contributed by atoms with Crippen LogP contribution in [0.3, 0.4) is 0 Å². The van der Waals surface area contributed by atoms with Crippen LogP contribution in [0.25, 0.3) is 0 Å². The molecule has 0 amide bonds. The minimum absolute atomic E-state index is 0.0479. The van der Waals surface area contributed by atoms with Gasteiger partial charge in [-0.3, -0.25) is 4.79 Å². The first kappa shape index (κ1) is 21.0. The molecule has 9 nitrogen and oxygen atoms in total. The fraction of sp³-hybridized carbons (Fsp3) is 0.455. The van der Waals surface area contributed by atoms with Crippen LogP contribution in [0.15, 0.2) is 41.5 Å². The summed E-state index contributed by atoms with van der Waals surface area (Å²) in [4.78, 5) is 54.5. The molecular formula is C22H23NO8. The van der Waals surface area contributed by atoms with Gasteiger partial charge in [0.2, 0.25) is 0 Å². The smallest absolute Gasteiger partial charge is 0.351 e. The van der Waals surface area contributed by atoms with Crippen molar-refractivity contribution in [3.8, 4) is 0 Å². The molecule has 1 saturated heterocycles. The number of likely N-dealkylation sites (N-methyl/N-ethyl adjacent to an activating group) is 1. The quantitative estimate of drug-likeness (QED) is 0.374. The number of ketones is 1. The summed E-state index contributed by atoms with van der Waals surface area (Å²) >= 11 is 0. The largest absolute Gasteiger partial charge is 0.466 e. The number of anilines is 1. The van der Waals surface area contributed by atoms with Gasteiger partial charge in [-0.05, 0) is 31.9 Å². The van der Waals surface area contributed by atoms with Gasteiger partial charge in [0.25, 0.3) is 5.60 Å². The Morgan fingerprint density at radius 1 is 1.03 bits per heavy atom. The first-order valence-electron chi connectivity index (χ1n) is 9.91. The van der Waals surface area contributed by atoms with Crippen molar-refractivity contribution >= 4 is 29.4 Å². The second kappa shape index (κ2) is 6.91. The van der Waals surface area contributed by atoms with Crippen molar-refractivity contribution in [2.45, 2.75) is 31.1 Å². The van der Waals surface area contributed by atoms with Crippen LogP contribution in [0.4, 0.5) is 5.69 Å². The molecule has 164 valence electrons. The number of Topliss-reactive ketones (excluding diaryl/α,β-unsaturated/α-hetero) is 1. The number of nitrogens with zero attached hydrogens (tertiary/aromatic N) is 1. The van der Waals surface area contributed by atoms with E-state index >= 15 is 0 Å². The SMILES string of the molecule is CCOC(=O)[C@@]12O[C@@](N(C)c3ccccc3)(C(C(=O)OC)=C1C(=O)OC)C1(CC1)C2=O. The lowest BCUT2D eigenvalue weighted by atomic mass is 9.69. The maximum Gasteiger partial charge on any atom is 0.351 e. The number of fused-ring (bicyclic) bond motifs is 3. The van der Waals surface area contributed by atoms with Gasteiger partial charge in [0, 0.05) is 12.7 Å². The molecule has 2 fully saturated rings. The van der Waals surface area contributed by atoms with Gasteiger partial charge >= 0.3 is 17.9 Å². The van der Waals surface area contributed by atoms with Crippen LogP contribution in [0.1, 0.15) is 19.8 Å². The molecule has 4 rings (SSSR count). The average molecular weight is 429 g/mol. The second-order valence-corrected chi connectivity index (χ2v) is 7.69. The summed E-state index contributed by atoms with van der Waals surface area (Å²) in [6.07, 6.45) is 0.748. The fourth-order valence-corrected chi connectivity index (χ4v) is 4.90. The monoisotopic (exact) mass is 429 g/mol. The van der Waals surface area contributed by atoms with E-state index in [0.29, 0.717) is 18.5 Å². The minimum atomic E-state index is -2.40. The number of esters is 3. The minimum Gasteiger partial charge on any atom is -0.466 e. The van der Waals surface area contributed by atoms with Gasteiger partial charge in [-0.25, -0.2) is 14.4 Å². The number of benzene rings is 1. The second-order valence-electron chi connectivity index (χ2n) is 7.69. The van der Waals surface area contributed by atoms with Crippen LogP contribution in [-0.2, 0) is 38.1 Å². The van der Waals surface area contributed by atoms with E-state index in [0.717, 1.165) is 14.2 Å². The van der Waals surface area contributed by atoms with Gasteiger partial charge in [0.05, 0.1) is 26.2 Å². The van der Waals surface area contributed by atoms with Gasteiger partial charge in [0.1, 0.15) is 11.1 Å². The lowest BCUT2D eigenvalue weighted by Crippen LogP contribution is -2.58. The Hall–Kier alpha value is -3.20. The molecule has 1 aliphatic carbocycles. The molecule has 1 aromatic rings. The molecule has 0 unspecified atom stereocenters. The molecule has 2 bridgehead atoms. The van der Waals surface area contributed by atoms with Gasteiger partial charge in [-0.1, -0.05) is 18.2 Å². The van der Waals surface area contributed by atoms with Crippen molar-refractivity contribution < 1.29 is 38.1 Å². The highest BCUT2D eigenvalue weighted by molar-refractivity contribution is 6.27. The molecule has 1 spiro atoms. The number of para-hydroxylation sites is 1. The van der Waals surface area contributed by atoms with Crippen molar-refractivity contribution in [3.63, 3.8) is 0 Å². The number of ether oxygens (including phenoxy) is 4. The molecular weight excluding hydrogens is 406 g/mol. The van der Waals surface area contributed by atoms with Crippen molar-refractivity contribution in [3.05, 3.63) is 41.5 Å². The number of carbonyl (C=O) groups is 4. The first-order chi connectivity index (χ1) is 14.8. The highest BCUT2D eigenvalue weighted by Crippen LogP contribution is 2.72. The Labute approximate surface area is 178 Å². The van der Waals surface area contributed by atoms with Crippen LogP contribution in [-0.4, -0.2) is 62.9 Å². The summed E-state index contributed by atoms with van der Waals surface area (Å²) in [5, 5.41) is 0. The number of rotatable bonds is 6. The van der Waals surface area contributed by atoms with E-state index in [1.165, 1.54) is 0 Å². The zero-order valence-corrected chi connectivity index (χ0v) is 17.7. The van der Waals surface area contributed by atoms with E-state index in [2.05, 4.69) is 0 Å². The molecule has 1 saturated carbocycles. The lowest BCUT2D eigenvalue weighted by molar-refractivity contribution is -0.171. The van der Waals surface area contributed by atoms with Crippen molar-refractivity contribution in [2.75, 3.05) is 32.8 Å². The van der Waals surface area contributed by atoms with Crippen LogP contribution in [0, 0.1) is 5.41 Å². The number of carbonyl (C=O) groups excluding carboxylic acids is 4. The van der Waals surface area contributed by atoms with Crippen molar-refractivity contribution in [1.29, 1.82) is 0 Å². The predicted octanol–water partition coefficient (Wildman–Crippen LogP) is 1.16. The highest BCUT2D eigenvalue weighted by atomic mass is 16.6. The topological polar surface area (TPSA) is 108 Å². The number of hydrogen-bond donors (Lipinski definition) is 0. The normalized spacial score (nSPS) is 27.3. The average Bonchev–Trinajstić information content (AvgIpc) is 3.48. The van der Waals surface area contributed by atoms with Gasteiger partial charge in [-0.2, -0.15) is 0 Å². The molecule has 31 heavy (non-hydrogen) atoms. The molecule has 1 aromatic carbocycles. The molecule has 2 aliphatic heterocycles. The maximum atomic E-state index is 13.8. The van der Waals surface area contributed by atoms with Crippen molar-refractivity contribution in [1.82, 2.24) is 0 Å². The Morgan fingerprint density at radius 3 is 2.13 bits per heavy atom. The van der Waals surface area contributed by atoms with Crippen molar-refractivity contribution in [2.24, 2.45) is 5.41 Å². The van der Waals surface area contributed by atoms with E-state index in [4.69, 9.17) is 18.9 Å². The Bertz CT molecular complexity index is 1010. The Kier molecular flexibility index (Phi) is 4.69. The van der Waals surface area contributed by atoms with Crippen LogP contribution in [0.2, 0.25) is 0 Å². The lowest BCUT2D eigenvalue weighted by Gasteiger charge is -2.42. The molecule has 2 heterocycles.